The molecule has 0 fully saturated rings. The molecule has 0 unspecified atom stereocenters. The van der Waals surface area contributed by atoms with Gasteiger partial charge < -0.3 is 15.4 Å². The predicted molar refractivity (Wildman–Crippen MR) is 66.6 cm³/mol. The lowest BCUT2D eigenvalue weighted by Gasteiger charge is -2.19. The zero-order valence-corrected chi connectivity index (χ0v) is 11.0. The van der Waals surface area contributed by atoms with Crippen molar-refractivity contribution in [3.63, 3.8) is 0 Å². The summed E-state index contributed by atoms with van der Waals surface area (Å²) in [4.78, 5) is 11.2. The van der Waals surface area contributed by atoms with Gasteiger partial charge in [0.25, 0.3) is 0 Å². The Labute approximate surface area is 104 Å². The van der Waals surface area contributed by atoms with Crippen LogP contribution in [-0.4, -0.2) is 31.3 Å². The first-order chi connectivity index (χ1) is 7.95. The maximum Gasteiger partial charge on any atom is 0.407 e. The van der Waals surface area contributed by atoms with Crippen LogP contribution in [0.3, 0.4) is 0 Å². The lowest BCUT2D eigenvalue weighted by atomic mass is 10.2. The first kappa shape index (κ1) is 15.7. The molecule has 5 nitrogen and oxygen atoms in total. The molecule has 0 aromatic heterocycles. The van der Waals surface area contributed by atoms with Crippen molar-refractivity contribution >= 4 is 6.09 Å². The maximum absolute atomic E-state index is 11.2. The van der Waals surface area contributed by atoms with Crippen molar-refractivity contribution in [3.05, 3.63) is 0 Å². The topological polar surface area (TPSA) is 74.2 Å². The molecule has 2 N–H and O–H groups in total. The van der Waals surface area contributed by atoms with E-state index in [2.05, 4.69) is 16.7 Å². The summed E-state index contributed by atoms with van der Waals surface area (Å²) in [6.45, 7) is 7.74. The number of nitrogens with zero attached hydrogens (tertiary/aromatic N) is 1. The number of nitrogens with one attached hydrogen (secondary N) is 2. The van der Waals surface area contributed by atoms with E-state index in [-0.39, 0.29) is 6.09 Å². The molecule has 17 heavy (non-hydrogen) atoms. The zero-order chi connectivity index (χ0) is 13.1. The second kappa shape index (κ2) is 8.82. The minimum absolute atomic E-state index is 0.366. The molecule has 0 rings (SSSR count). The van der Waals surface area contributed by atoms with Crippen molar-refractivity contribution in [2.24, 2.45) is 0 Å². The van der Waals surface area contributed by atoms with Gasteiger partial charge in [0.15, 0.2) is 0 Å². The van der Waals surface area contributed by atoms with Gasteiger partial charge in [-0.05, 0) is 40.2 Å². The number of nitriles is 1. The largest absolute Gasteiger partial charge is 0.444 e. The van der Waals surface area contributed by atoms with Gasteiger partial charge in [0.05, 0.1) is 6.07 Å². The fourth-order valence-corrected chi connectivity index (χ4v) is 1.15. The molecule has 0 aliphatic heterocycles. The molecule has 0 heterocycles. The fraction of sp³-hybridized carbons (Fsp3) is 0.833. The Morgan fingerprint density at radius 3 is 2.47 bits per heavy atom. The van der Waals surface area contributed by atoms with Crippen LogP contribution >= 0.6 is 0 Å². The predicted octanol–water partition coefficient (Wildman–Crippen LogP) is 1.79. The number of carbonyl (C=O) groups is 1. The van der Waals surface area contributed by atoms with Crippen LogP contribution in [0.25, 0.3) is 0 Å². The second-order valence-corrected chi connectivity index (χ2v) is 4.79. The van der Waals surface area contributed by atoms with E-state index >= 15 is 0 Å². The highest BCUT2D eigenvalue weighted by atomic mass is 16.6. The van der Waals surface area contributed by atoms with E-state index in [1.807, 2.05) is 20.8 Å². The number of hydrogen-bond acceptors (Lipinski definition) is 4. The molecule has 0 radical (unpaired) electrons. The Hall–Kier alpha value is -1.28. The van der Waals surface area contributed by atoms with Crippen LogP contribution in [0.5, 0.6) is 0 Å². The van der Waals surface area contributed by atoms with Gasteiger partial charge in [0.1, 0.15) is 5.60 Å². The van der Waals surface area contributed by atoms with Crippen molar-refractivity contribution in [2.75, 3.05) is 19.6 Å². The maximum atomic E-state index is 11.2. The van der Waals surface area contributed by atoms with E-state index in [9.17, 15) is 4.79 Å². The molecular formula is C12H23N3O2. The van der Waals surface area contributed by atoms with Crippen molar-refractivity contribution in [1.29, 1.82) is 5.26 Å². The molecule has 0 aliphatic rings. The van der Waals surface area contributed by atoms with Gasteiger partial charge in [-0.1, -0.05) is 0 Å². The summed E-state index contributed by atoms with van der Waals surface area (Å²) in [5.74, 6) is 0. The summed E-state index contributed by atoms with van der Waals surface area (Å²) in [5, 5.41) is 14.2. The van der Waals surface area contributed by atoms with Gasteiger partial charge in [0, 0.05) is 19.5 Å². The van der Waals surface area contributed by atoms with Gasteiger partial charge in [-0.3, -0.25) is 0 Å². The first-order valence-electron chi connectivity index (χ1n) is 6.00. The summed E-state index contributed by atoms with van der Waals surface area (Å²) in [6, 6.07) is 2.07. The monoisotopic (exact) mass is 241 g/mol. The fourth-order valence-electron chi connectivity index (χ4n) is 1.15. The van der Waals surface area contributed by atoms with E-state index < -0.39 is 5.60 Å². The van der Waals surface area contributed by atoms with Crippen LogP contribution in [-0.2, 0) is 4.74 Å². The molecule has 0 spiro atoms. The Bertz CT molecular complexity index is 253. The molecule has 0 saturated heterocycles. The quantitative estimate of drug-likeness (QED) is 0.666. The second-order valence-electron chi connectivity index (χ2n) is 4.79. The van der Waals surface area contributed by atoms with Crippen molar-refractivity contribution in [3.8, 4) is 6.07 Å². The Morgan fingerprint density at radius 1 is 1.24 bits per heavy atom. The lowest BCUT2D eigenvalue weighted by Crippen LogP contribution is -2.33. The first-order valence-corrected chi connectivity index (χ1v) is 6.00. The van der Waals surface area contributed by atoms with E-state index in [0.717, 1.165) is 25.9 Å². The van der Waals surface area contributed by atoms with E-state index in [4.69, 9.17) is 10.00 Å². The van der Waals surface area contributed by atoms with E-state index in [1.54, 1.807) is 0 Å². The van der Waals surface area contributed by atoms with Crippen LogP contribution in [0.2, 0.25) is 0 Å². The third-order valence-electron chi connectivity index (χ3n) is 1.86. The van der Waals surface area contributed by atoms with E-state index in [1.165, 1.54) is 0 Å². The summed E-state index contributed by atoms with van der Waals surface area (Å²) in [5.41, 5.74) is -0.442. The van der Waals surface area contributed by atoms with Crippen molar-refractivity contribution in [2.45, 2.75) is 45.6 Å². The number of unbranched alkanes of at least 4 members (excludes halogenated alkanes) is 1. The number of hydrogen-bond donors (Lipinski definition) is 2. The average Bonchev–Trinajstić information content (AvgIpc) is 2.19. The van der Waals surface area contributed by atoms with Crippen molar-refractivity contribution < 1.29 is 9.53 Å². The number of ether oxygens (including phenoxy) is 1. The number of amides is 1. The summed E-state index contributed by atoms with van der Waals surface area (Å²) in [6.07, 6.45) is 2.05. The highest BCUT2D eigenvalue weighted by Crippen LogP contribution is 2.06. The standard InChI is InChI=1S/C12H23N3O2/c1-12(2,3)17-11(16)15-10-5-4-8-14-9-6-7-13/h14H,4-6,8-10H2,1-3H3,(H,15,16). The molecule has 0 aliphatic carbocycles. The van der Waals surface area contributed by atoms with Crippen molar-refractivity contribution in [1.82, 2.24) is 10.6 Å². The summed E-state index contributed by atoms with van der Waals surface area (Å²) < 4.78 is 5.10. The zero-order valence-electron chi connectivity index (χ0n) is 11.0. The lowest BCUT2D eigenvalue weighted by molar-refractivity contribution is 0.0527. The normalized spacial score (nSPS) is 10.7. The molecule has 0 aromatic rings. The minimum Gasteiger partial charge on any atom is -0.444 e. The minimum atomic E-state index is -0.442. The molecule has 0 aromatic carbocycles. The smallest absolute Gasteiger partial charge is 0.407 e. The highest BCUT2D eigenvalue weighted by Gasteiger charge is 2.15. The van der Waals surface area contributed by atoms with Gasteiger partial charge >= 0.3 is 6.09 Å². The molecule has 5 heteroatoms. The Kier molecular flexibility index (Phi) is 8.16. The Balaban J connectivity index is 3.29. The van der Waals surface area contributed by atoms with Gasteiger partial charge in [-0.2, -0.15) is 5.26 Å². The molecule has 0 atom stereocenters. The van der Waals surface area contributed by atoms with Gasteiger partial charge in [0.2, 0.25) is 0 Å². The van der Waals surface area contributed by atoms with Crippen LogP contribution < -0.4 is 10.6 Å². The van der Waals surface area contributed by atoms with Gasteiger partial charge in [-0.15, -0.1) is 0 Å². The van der Waals surface area contributed by atoms with Crippen LogP contribution in [0.4, 0.5) is 4.79 Å². The molecular weight excluding hydrogens is 218 g/mol. The number of alkyl carbamates (subject to hydrolysis) is 1. The van der Waals surface area contributed by atoms with Gasteiger partial charge in [-0.25, -0.2) is 4.79 Å². The number of carbonyl (C=O) groups excluding carboxylic acids is 1. The van der Waals surface area contributed by atoms with Crippen LogP contribution in [0.1, 0.15) is 40.0 Å². The molecule has 0 bridgehead atoms. The SMILES string of the molecule is CC(C)(C)OC(=O)NCCCCNCCC#N. The third kappa shape index (κ3) is 12.7. The molecule has 98 valence electrons. The summed E-state index contributed by atoms with van der Waals surface area (Å²) in [7, 11) is 0. The number of rotatable bonds is 7. The van der Waals surface area contributed by atoms with E-state index in [0.29, 0.717) is 13.0 Å². The van der Waals surface area contributed by atoms with Crippen LogP contribution in [0, 0.1) is 11.3 Å². The Morgan fingerprint density at radius 2 is 1.88 bits per heavy atom. The van der Waals surface area contributed by atoms with Crippen LogP contribution in [0.15, 0.2) is 0 Å². The average molecular weight is 241 g/mol. The highest BCUT2D eigenvalue weighted by molar-refractivity contribution is 5.67. The molecule has 0 saturated carbocycles. The third-order valence-corrected chi connectivity index (χ3v) is 1.86. The summed E-state index contributed by atoms with van der Waals surface area (Å²) >= 11 is 0. The molecule has 1 amide bonds.